The predicted molar refractivity (Wildman–Crippen MR) is 64.5 cm³/mol. The van der Waals surface area contributed by atoms with Gasteiger partial charge in [-0.2, -0.15) is 0 Å². The molecule has 4 nitrogen and oxygen atoms in total. The fraction of sp³-hybridized carbons (Fsp3) is 0.0909. The summed E-state index contributed by atoms with van der Waals surface area (Å²) >= 11 is 1.71. The molecule has 80 valence electrons. The van der Waals surface area contributed by atoms with Crippen LogP contribution in [0.15, 0.2) is 35.7 Å². The third-order valence-corrected chi connectivity index (χ3v) is 3.31. The number of fused-ring (bicyclic) bond motifs is 1. The van der Waals surface area contributed by atoms with Crippen LogP contribution < -0.4 is 5.73 Å². The van der Waals surface area contributed by atoms with E-state index in [-0.39, 0.29) is 0 Å². The second-order valence-electron chi connectivity index (χ2n) is 3.52. The van der Waals surface area contributed by atoms with Gasteiger partial charge in [0.2, 0.25) is 0 Å². The van der Waals surface area contributed by atoms with Gasteiger partial charge in [0.15, 0.2) is 5.65 Å². The number of thiophene rings is 1. The summed E-state index contributed by atoms with van der Waals surface area (Å²) < 4.78 is 1.89. The molecule has 0 aliphatic carbocycles. The Morgan fingerprint density at radius 2 is 2.12 bits per heavy atom. The lowest BCUT2D eigenvalue weighted by Crippen LogP contribution is -2.01. The van der Waals surface area contributed by atoms with Gasteiger partial charge in [-0.15, -0.1) is 21.5 Å². The molecular formula is C11H10N4S. The summed E-state index contributed by atoms with van der Waals surface area (Å²) in [4.78, 5) is 1.26. The fourth-order valence-electron chi connectivity index (χ4n) is 1.71. The highest BCUT2D eigenvalue weighted by molar-refractivity contribution is 7.09. The van der Waals surface area contributed by atoms with E-state index in [1.54, 1.807) is 11.3 Å². The van der Waals surface area contributed by atoms with E-state index in [1.165, 1.54) is 4.88 Å². The topological polar surface area (TPSA) is 56.2 Å². The molecule has 5 heteroatoms. The highest BCUT2D eigenvalue weighted by Gasteiger charge is 2.08. The van der Waals surface area contributed by atoms with Crippen molar-refractivity contribution >= 4 is 22.8 Å². The van der Waals surface area contributed by atoms with Crippen LogP contribution in [0.1, 0.15) is 10.7 Å². The second-order valence-corrected chi connectivity index (χ2v) is 4.55. The molecule has 0 aliphatic heterocycles. The van der Waals surface area contributed by atoms with E-state index >= 15 is 0 Å². The van der Waals surface area contributed by atoms with E-state index in [1.807, 2.05) is 28.7 Å². The maximum atomic E-state index is 5.92. The maximum absolute atomic E-state index is 5.92. The first kappa shape index (κ1) is 9.35. The molecule has 0 radical (unpaired) electrons. The van der Waals surface area contributed by atoms with Gasteiger partial charge >= 0.3 is 0 Å². The van der Waals surface area contributed by atoms with E-state index in [2.05, 4.69) is 21.6 Å². The van der Waals surface area contributed by atoms with Crippen LogP contribution >= 0.6 is 11.3 Å². The second kappa shape index (κ2) is 3.61. The van der Waals surface area contributed by atoms with Gasteiger partial charge in [0.25, 0.3) is 0 Å². The number of hydrogen-bond acceptors (Lipinski definition) is 4. The van der Waals surface area contributed by atoms with Crippen LogP contribution in [0, 0.1) is 0 Å². The van der Waals surface area contributed by atoms with E-state index in [0.717, 1.165) is 17.9 Å². The molecule has 16 heavy (non-hydrogen) atoms. The number of nitrogens with zero attached hydrogens (tertiary/aromatic N) is 3. The van der Waals surface area contributed by atoms with Gasteiger partial charge in [0.1, 0.15) is 11.6 Å². The average molecular weight is 230 g/mol. The third kappa shape index (κ3) is 1.45. The van der Waals surface area contributed by atoms with Crippen molar-refractivity contribution in [3.8, 4) is 0 Å². The SMILES string of the molecule is Nc1cccc2nnc(Cc3cccs3)n12. The Morgan fingerprint density at radius 3 is 2.94 bits per heavy atom. The zero-order chi connectivity index (χ0) is 11.0. The normalized spacial score (nSPS) is 11.0. The van der Waals surface area contributed by atoms with E-state index in [9.17, 15) is 0 Å². The predicted octanol–water partition coefficient (Wildman–Crippen LogP) is 1.96. The summed E-state index contributed by atoms with van der Waals surface area (Å²) in [5.41, 5.74) is 6.71. The number of nitrogens with two attached hydrogens (primary N) is 1. The van der Waals surface area contributed by atoms with Crippen molar-refractivity contribution in [2.45, 2.75) is 6.42 Å². The smallest absolute Gasteiger partial charge is 0.162 e. The molecule has 0 saturated carbocycles. The van der Waals surface area contributed by atoms with Gasteiger partial charge < -0.3 is 5.73 Å². The minimum Gasteiger partial charge on any atom is -0.385 e. The van der Waals surface area contributed by atoms with Crippen molar-refractivity contribution in [2.24, 2.45) is 0 Å². The van der Waals surface area contributed by atoms with E-state index in [4.69, 9.17) is 5.73 Å². The Hall–Kier alpha value is -1.88. The summed E-state index contributed by atoms with van der Waals surface area (Å²) in [5, 5.41) is 10.3. The Bertz CT molecular complexity index is 612. The van der Waals surface area contributed by atoms with Gasteiger partial charge in [-0.25, -0.2) is 0 Å². The lowest BCUT2D eigenvalue weighted by Gasteiger charge is -2.01. The molecule has 2 N–H and O–H groups in total. The van der Waals surface area contributed by atoms with Gasteiger partial charge in [-0.05, 0) is 23.6 Å². The Balaban J connectivity index is 2.10. The lowest BCUT2D eigenvalue weighted by molar-refractivity contribution is 0.950. The number of rotatable bonds is 2. The molecule has 0 aromatic carbocycles. The van der Waals surface area contributed by atoms with Crippen LogP contribution in [0.3, 0.4) is 0 Å². The fourth-order valence-corrected chi connectivity index (χ4v) is 2.41. The first-order valence-electron chi connectivity index (χ1n) is 4.95. The van der Waals surface area contributed by atoms with Crippen LogP contribution in [0.5, 0.6) is 0 Å². The monoisotopic (exact) mass is 230 g/mol. The molecule has 0 amide bonds. The van der Waals surface area contributed by atoms with Crippen LogP contribution in [-0.2, 0) is 6.42 Å². The highest BCUT2D eigenvalue weighted by atomic mass is 32.1. The minimum atomic E-state index is 0.675. The molecule has 0 spiro atoms. The minimum absolute atomic E-state index is 0.675. The van der Waals surface area contributed by atoms with E-state index < -0.39 is 0 Å². The van der Waals surface area contributed by atoms with Gasteiger partial charge in [0, 0.05) is 11.3 Å². The number of aromatic nitrogens is 3. The van der Waals surface area contributed by atoms with Crippen molar-refractivity contribution in [3.63, 3.8) is 0 Å². The summed E-state index contributed by atoms with van der Waals surface area (Å²) in [6.45, 7) is 0. The maximum Gasteiger partial charge on any atom is 0.162 e. The van der Waals surface area contributed by atoms with Gasteiger partial charge in [-0.1, -0.05) is 12.1 Å². The van der Waals surface area contributed by atoms with Gasteiger partial charge in [0.05, 0.1) is 0 Å². The molecule has 0 aliphatic rings. The van der Waals surface area contributed by atoms with Crippen LogP contribution in [0.2, 0.25) is 0 Å². The van der Waals surface area contributed by atoms with Crippen molar-refractivity contribution in [2.75, 3.05) is 5.73 Å². The molecule has 0 atom stereocenters. The summed E-state index contributed by atoms with van der Waals surface area (Å²) in [6, 6.07) is 9.77. The van der Waals surface area contributed by atoms with E-state index in [0.29, 0.717) is 5.82 Å². The average Bonchev–Trinajstić information content (AvgIpc) is 2.90. The molecule has 0 saturated heterocycles. The molecule has 3 rings (SSSR count). The number of hydrogen-bond donors (Lipinski definition) is 1. The standard InChI is InChI=1S/C11H10N4S/c12-9-4-1-5-10-13-14-11(15(9)10)7-8-3-2-6-16-8/h1-6H,7,12H2. The first-order valence-corrected chi connectivity index (χ1v) is 5.83. The van der Waals surface area contributed by atoms with Crippen LogP contribution in [-0.4, -0.2) is 14.6 Å². The molecule has 3 aromatic rings. The molecule has 0 fully saturated rings. The Kier molecular flexibility index (Phi) is 2.11. The quantitative estimate of drug-likeness (QED) is 0.732. The molecule has 3 aromatic heterocycles. The molecular weight excluding hydrogens is 220 g/mol. The lowest BCUT2D eigenvalue weighted by atomic mass is 10.3. The largest absolute Gasteiger partial charge is 0.385 e. The molecule has 3 heterocycles. The van der Waals surface area contributed by atoms with Crippen molar-refractivity contribution in [3.05, 3.63) is 46.4 Å². The number of pyridine rings is 1. The van der Waals surface area contributed by atoms with Crippen LogP contribution in [0.4, 0.5) is 5.82 Å². The first-order chi connectivity index (χ1) is 7.84. The van der Waals surface area contributed by atoms with Crippen LogP contribution in [0.25, 0.3) is 5.65 Å². The Labute approximate surface area is 96.4 Å². The van der Waals surface area contributed by atoms with Crippen molar-refractivity contribution in [1.29, 1.82) is 0 Å². The number of nitrogen functional groups attached to an aromatic ring is 1. The summed E-state index contributed by atoms with van der Waals surface area (Å²) in [6.07, 6.45) is 0.771. The Morgan fingerprint density at radius 1 is 1.19 bits per heavy atom. The molecule has 0 unspecified atom stereocenters. The molecule has 0 bridgehead atoms. The van der Waals surface area contributed by atoms with Gasteiger partial charge in [-0.3, -0.25) is 4.40 Å². The number of anilines is 1. The summed E-state index contributed by atoms with van der Waals surface area (Å²) in [5.74, 6) is 1.56. The zero-order valence-corrected chi connectivity index (χ0v) is 9.31. The highest BCUT2D eigenvalue weighted by Crippen LogP contribution is 2.16. The third-order valence-electron chi connectivity index (χ3n) is 2.44. The van der Waals surface area contributed by atoms with Crippen molar-refractivity contribution in [1.82, 2.24) is 14.6 Å². The summed E-state index contributed by atoms with van der Waals surface area (Å²) in [7, 11) is 0. The van der Waals surface area contributed by atoms with Crippen molar-refractivity contribution < 1.29 is 0 Å². The zero-order valence-electron chi connectivity index (χ0n) is 8.50.